The summed E-state index contributed by atoms with van der Waals surface area (Å²) in [4.78, 5) is 26.1. The zero-order chi connectivity index (χ0) is 27.2. The van der Waals surface area contributed by atoms with Crippen molar-refractivity contribution >= 4 is 26.1 Å². The van der Waals surface area contributed by atoms with Gasteiger partial charge in [0.2, 0.25) is 5.82 Å². The van der Waals surface area contributed by atoms with Crippen molar-refractivity contribution in [3.63, 3.8) is 0 Å². The number of benzene rings is 1. The van der Waals surface area contributed by atoms with Gasteiger partial charge in [-0.2, -0.15) is 5.26 Å². The Labute approximate surface area is 220 Å². The normalized spacial score (nSPS) is 14.2. The van der Waals surface area contributed by atoms with E-state index in [-0.39, 0.29) is 24.2 Å². The van der Waals surface area contributed by atoms with Crippen LogP contribution < -0.4 is 4.74 Å². The summed E-state index contributed by atoms with van der Waals surface area (Å²) in [7, 11) is 2.48. The van der Waals surface area contributed by atoms with Crippen LogP contribution in [0.1, 0.15) is 27.4 Å². The predicted molar refractivity (Wildman–Crippen MR) is 146 cm³/mol. The van der Waals surface area contributed by atoms with Crippen LogP contribution in [-0.4, -0.2) is 93.5 Å². The first-order valence-electron chi connectivity index (χ1n) is 12.4. The number of morpholine rings is 1. The smallest absolute Gasteiger partial charge is 0.290 e. The molecule has 11 heteroatoms. The van der Waals surface area contributed by atoms with Crippen LogP contribution in [0.3, 0.4) is 0 Å². The highest BCUT2D eigenvalue weighted by molar-refractivity contribution is 6.76. The highest BCUT2D eigenvalue weighted by Crippen LogP contribution is 2.34. The van der Waals surface area contributed by atoms with Gasteiger partial charge in [-0.1, -0.05) is 25.7 Å². The number of imidazole rings is 1. The number of carbonyl (C=O) groups excluding carboxylic acids is 1. The number of amides is 1. The molecule has 1 aliphatic rings. The lowest BCUT2D eigenvalue weighted by Crippen LogP contribution is -2.41. The van der Waals surface area contributed by atoms with Crippen LogP contribution in [0, 0.1) is 25.2 Å². The van der Waals surface area contributed by atoms with Gasteiger partial charge in [0.15, 0.2) is 18.3 Å². The average Bonchev–Trinajstić information content (AvgIpc) is 3.21. The molecule has 1 amide bonds. The Hall–Kier alpha value is -3.20. The van der Waals surface area contributed by atoms with Crippen LogP contribution in [0.4, 0.5) is 5.82 Å². The molecule has 0 bridgehead atoms. The summed E-state index contributed by atoms with van der Waals surface area (Å²) in [5.74, 6) is 0.792. The minimum absolute atomic E-state index is 0.0783. The lowest BCUT2D eigenvalue weighted by atomic mass is 10.1. The summed E-state index contributed by atoms with van der Waals surface area (Å²) in [5, 5.41) is 9.88. The fourth-order valence-corrected chi connectivity index (χ4v) is 4.66. The number of rotatable bonds is 10. The highest BCUT2D eigenvalue weighted by atomic mass is 28.3. The first kappa shape index (κ1) is 28.4. The number of ether oxygens (including phenoxy) is 3. The van der Waals surface area contributed by atoms with Gasteiger partial charge in [-0.15, -0.1) is 0 Å². The fraction of sp³-hybridized carbons (Fsp3) is 0.538. The van der Waals surface area contributed by atoms with Gasteiger partial charge in [-0.05, 0) is 31.5 Å². The van der Waals surface area contributed by atoms with Gasteiger partial charge in [0, 0.05) is 47.4 Å². The Morgan fingerprint density at radius 3 is 2.59 bits per heavy atom. The van der Waals surface area contributed by atoms with E-state index in [2.05, 4.69) is 35.7 Å². The van der Waals surface area contributed by atoms with Gasteiger partial charge in [-0.3, -0.25) is 9.36 Å². The molecule has 1 aliphatic heterocycles. The zero-order valence-electron chi connectivity index (χ0n) is 23.0. The summed E-state index contributed by atoms with van der Waals surface area (Å²) in [6.07, 6.45) is 1.59. The second-order valence-corrected chi connectivity index (χ2v) is 16.1. The van der Waals surface area contributed by atoms with Crippen molar-refractivity contribution in [2.75, 3.05) is 53.8 Å². The maximum Gasteiger partial charge on any atom is 0.290 e. The standard InChI is InChI=1S/C26H38N6O4Si/c1-19-8-9-22(36-18-35-14-15-37(5,6)7)20(2)23(19)32-24(28-17-30(3)4)21(16-27)29-25(32)26(33)31-10-12-34-13-11-31/h8-9,17H,10-15,18H2,1-7H3. The van der Waals surface area contributed by atoms with Gasteiger partial charge in [-0.25, -0.2) is 9.98 Å². The lowest BCUT2D eigenvalue weighted by Gasteiger charge is -2.27. The van der Waals surface area contributed by atoms with Crippen molar-refractivity contribution in [1.29, 1.82) is 5.26 Å². The Bertz CT molecular complexity index is 1170. The second kappa shape index (κ2) is 12.4. The van der Waals surface area contributed by atoms with Crippen molar-refractivity contribution in [3.05, 3.63) is 34.8 Å². The number of hydrogen-bond acceptors (Lipinski definition) is 7. The molecule has 0 radical (unpaired) electrons. The summed E-state index contributed by atoms with van der Waals surface area (Å²) >= 11 is 0. The molecule has 1 fully saturated rings. The van der Waals surface area contributed by atoms with Crippen molar-refractivity contribution in [1.82, 2.24) is 19.4 Å². The van der Waals surface area contributed by atoms with E-state index in [1.54, 1.807) is 20.7 Å². The number of aromatic nitrogens is 2. The third-order valence-electron chi connectivity index (χ3n) is 5.96. The van der Waals surface area contributed by atoms with E-state index in [9.17, 15) is 10.1 Å². The number of nitrogens with zero attached hydrogens (tertiary/aromatic N) is 6. The van der Waals surface area contributed by atoms with Crippen LogP contribution in [0.5, 0.6) is 5.75 Å². The fourth-order valence-electron chi connectivity index (χ4n) is 3.90. The van der Waals surface area contributed by atoms with Crippen molar-refractivity contribution in [2.24, 2.45) is 4.99 Å². The van der Waals surface area contributed by atoms with Crippen LogP contribution in [0.25, 0.3) is 5.69 Å². The van der Waals surface area contributed by atoms with E-state index in [0.717, 1.165) is 17.2 Å². The minimum atomic E-state index is -1.19. The first-order chi connectivity index (χ1) is 17.5. The largest absolute Gasteiger partial charge is 0.467 e. The van der Waals surface area contributed by atoms with Crippen LogP contribution >= 0.6 is 0 Å². The van der Waals surface area contributed by atoms with Crippen molar-refractivity contribution in [3.8, 4) is 17.5 Å². The Morgan fingerprint density at radius 1 is 1.27 bits per heavy atom. The number of carbonyl (C=O) groups is 1. The molecule has 200 valence electrons. The molecule has 1 aromatic heterocycles. The van der Waals surface area contributed by atoms with E-state index < -0.39 is 8.07 Å². The quantitative estimate of drug-likeness (QED) is 0.153. The number of hydrogen-bond donors (Lipinski definition) is 0. The molecule has 0 spiro atoms. The monoisotopic (exact) mass is 526 g/mol. The molecule has 0 atom stereocenters. The molecular formula is C26H38N6O4Si. The molecular weight excluding hydrogens is 488 g/mol. The van der Waals surface area contributed by atoms with E-state index in [1.165, 1.54) is 0 Å². The lowest BCUT2D eigenvalue weighted by molar-refractivity contribution is 0.0216. The molecule has 10 nitrogen and oxygen atoms in total. The molecule has 1 saturated heterocycles. The van der Waals surface area contributed by atoms with Crippen molar-refractivity contribution in [2.45, 2.75) is 39.5 Å². The zero-order valence-corrected chi connectivity index (χ0v) is 24.0. The van der Waals surface area contributed by atoms with Gasteiger partial charge < -0.3 is 24.0 Å². The third-order valence-corrected chi connectivity index (χ3v) is 7.66. The molecule has 3 rings (SSSR count). The summed E-state index contributed by atoms with van der Waals surface area (Å²) < 4.78 is 18.8. The van der Waals surface area contributed by atoms with Gasteiger partial charge in [0.25, 0.3) is 5.91 Å². The summed E-state index contributed by atoms with van der Waals surface area (Å²) in [6.45, 7) is 13.4. The minimum Gasteiger partial charge on any atom is -0.467 e. The Balaban J connectivity index is 2.05. The summed E-state index contributed by atoms with van der Waals surface area (Å²) in [5.41, 5.74) is 2.47. The van der Waals surface area contributed by atoms with Gasteiger partial charge in [0.05, 0.1) is 25.2 Å². The maximum atomic E-state index is 13.6. The van der Waals surface area contributed by atoms with E-state index in [4.69, 9.17) is 14.2 Å². The third kappa shape index (κ3) is 7.19. The molecule has 0 saturated carbocycles. The number of nitriles is 1. The molecule has 1 aromatic carbocycles. The van der Waals surface area contributed by atoms with Crippen molar-refractivity contribution < 1.29 is 19.0 Å². The molecule has 0 N–H and O–H groups in total. The molecule has 2 aromatic rings. The predicted octanol–water partition coefficient (Wildman–Crippen LogP) is 3.75. The molecule has 2 heterocycles. The highest BCUT2D eigenvalue weighted by Gasteiger charge is 2.30. The summed E-state index contributed by atoms with van der Waals surface area (Å²) in [6, 6.07) is 6.99. The second-order valence-electron chi connectivity index (χ2n) is 10.5. The van der Waals surface area contributed by atoms with Gasteiger partial charge >= 0.3 is 0 Å². The molecule has 0 aliphatic carbocycles. The molecule has 37 heavy (non-hydrogen) atoms. The SMILES string of the molecule is Cc1ccc(OCOCC[Si](C)(C)C)c(C)c1-n1c(C(=O)N2CCOCC2)nc(C#N)c1N=CN(C)C. The Kier molecular flexibility index (Phi) is 9.48. The van der Waals surface area contributed by atoms with Crippen LogP contribution in [0.15, 0.2) is 17.1 Å². The maximum absolute atomic E-state index is 13.6. The molecule has 0 unspecified atom stereocenters. The number of aliphatic imine (C=N–C) groups is 1. The van der Waals surface area contributed by atoms with Crippen LogP contribution in [-0.2, 0) is 9.47 Å². The topological polar surface area (TPSA) is 105 Å². The van der Waals surface area contributed by atoms with Gasteiger partial charge in [0.1, 0.15) is 11.8 Å². The average molecular weight is 527 g/mol. The first-order valence-corrected chi connectivity index (χ1v) is 16.2. The Morgan fingerprint density at radius 2 is 1.97 bits per heavy atom. The van der Waals surface area contributed by atoms with Crippen LogP contribution in [0.2, 0.25) is 25.7 Å². The van der Waals surface area contributed by atoms with E-state index in [0.29, 0.717) is 50.2 Å². The van der Waals surface area contributed by atoms with E-state index >= 15 is 0 Å². The number of aryl methyl sites for hydroxylation is 1. The van der Waals surface area contributed by atoms with E-state index in [1.807, 2.05) is 40.1 Å².